The Kier molecular flexibility index (Phi) is 4.35. The van der Waals surface area contributed by atoms with Gasteiger partial charge in [-0.25, -0.2) is 8.78 Å². The fourth-order valence-corrected chi connectivity index (χ4v) is 1.85. The van der Waals surface area contributed by atoms with Gasteiger partial charge in [0.2, 0.25) is 0 Å². The van der Waals surface area contributed by atoms with Gasteiger partial charge in [-0.15, -0.1) is 0 Å². The summed E-state index contributed by atoms with van der Waals surface area (Å²) in [4.78, 5) is 11.4. The number of carbonyl (C=O) groups is 1. The second-order valence-electron chi connectivity index (χ2n) is 4.83. The topological polar surface area (TPSA) is 26.3 Å². The van der Waals surface area contributed by atoms with E-state index < -0.39 is 41.7 Å². The zero-order valence-corrected chi connectivity index (χ0v) is 11.4. The third kappa shape index (κ3) is 3.72. The minimum Gasteiger partial charge on any atom is -0.489 e. The quantitative estimate of drug-likeness (QED) is 0.776. The highest BCUT2D eigenvalue weighted by atomic mass is 19.4. The molecule has 1 aliphatic rings. The number of hydrogen-bond donors (Lipinski definition) is 0. The van der Waals surface area contributed by atoms with Gasteiger partial charge in [-0.3, -0.25) is 4.79 Å². The number of benzene rings is 1. The molecule has 2 nitrogen and oxygen atoms in total. The minimum atomic E-state index is -4.68. The van der Waals surface area contributed by atoms with Crippen molar-refractivity contribution in [3.8, 4) is 0 Å². The van der Waals surface area contributed by atoms with Crippen molar-refractivity contribution in [1.29, 1.82) is 0 Å². The lowest BCUT2D eigenvalue weighted by atomic mass is 9.99. The Labute approximate surface area is 122 Å². The first-order valence-electron chi connectivity index (χ1n) is 6.29. The lowest BCUT2D eigenvalue weighted by Crippen LogP contribution is -2.14. The fourth-order valence-electron chi connectivity index (χ4n) is 1.85. The van der Waals surface area contributed by atoms with Gasteiger partial charge in [0.05, 0.1) is 11.5 Å². The highest BCUT2D eigenvalue weighted by Gasteiger charge is 2.31. The first kappa shape index (κ1) is 16.2. The van der Waals surface area contributed by atoms with Gasteiger partial charge in [0.15, 0.2) is 5.78 Å². The maximum Gasteiger partial charge on any atom is 0.416 e. The van der Waals surface area contributed by atoms with Crippen molar-refractivity contribution < 1.29 is 31.5 Å². The molecule has 2 rings (SSSR count). The second kappa shape index (κ2) is 5.90. The number of allylic oxidation sites excluding steroid dienone is 3. The predicted octanol–water partition coefficient (Wildman–Crippen LogP) is 4.32. The molecule has 0 fully saturated rings. The van der Waals surface area contributed by atoms with Gasteiger partial charge >= 0.3 is 6.18 Å². The third-order valence-electron chi connectivity index (χ3n) is 3.10. The van der Waals surface area contributed by atoms with Gasteiger partial charge in [0.1, 0.15) is 24.0 Å². The molecule has 0 saturated heterocycles. The molecule has 1 aromatic carbocycles. The van der Waals surface area contributed by atoms with Crippen molar-refractivity contribution in [2.75, 3.05) is 0 Å². The van der Waals surface area contributed by atoms with Crippen LogP contribution in [0.3, 0.4) is 0 Å². The summed E-state index contributed by atoms with van der Waals surface area (Å²) in [5, 5.41) is 0. The molecule has 0 saturated carbocycles. The van der Waals surface area contributed by atoms with Crippen molar-refractivity contribution in [2.45, 2.75) is 19.7 Å². The van der Waals surface area contributed by atoms with Crippen molar-refractivity contribution in [1.82, 2.24) is 0 Å². The summed E-state index contributed by atoms with van der Waals surface area (Å²) in [7, 11) is 0. The third-order valence-corrected chi connectivity index (χ3v) is 3.10. The van der Waals surface area contributed by atoms with Crippen LogP contribution in [0.5, 0.6) is 0 Å². The zero-order valence-electron chi connectivity index (χ0n) is 11.4. The molecule has 1 unspecified atom stereocenters. The molecule has 0 aromatic heterocycles. The Morgan fingerprint density at radius 1 is 1.14 bits per heavy atom. The van der Waals surface area contributed by atoms with Crippen molar-refractivity contribution in [3.63, 3.8) is 0 Å². The van der Waals surface area contributed by atoms with Crippen LogP contribution in [0.1, 0.15) is 18.1 Å². The molecule has 0 radical (unpaired) electrons. The number of ketones is 1. The van der Waals surface area contributed by atoms with Gasteiger partial charge in [-0.1, -0.05) is 0 Å². The van der Waals surface area contributed by atoms with Gasteiger partial charge in [0, 0.05) is 12.2 Å². The number of alkyl halides is 3. The van der Waals surface area contributed by atoms with E-state index in [1.165, 1.54) is 6.92 Å². The van der Waals surface area contributed by atoms with Crippen molar-refractivity contribution in [3.05, 3.63) is 58.9 Å². The zero-order chi connectivity index (χ0) is 16.5. The number of ether oxygens (including phenoxy) is 1. The monoisotopic (exact) mass is 318 g/mol. The van der Waals surface area contributed by atoms with E-state index in [2.05, 4.69) is 0 Å². The predicted molar refractivity (Wildman–Crippen MR) is 67.6 cm³/mol. The first-order chi connectivity index (χ1) is 10.2. The smallest absolute Gasteiger partial charge is 0.416 e. The molecule has 0 aliphatic heterocycles. The summed E-state index contributed by atoms with van der Waals surface area (Å²) < 4.78 is 69.4. The van der Waals surface area contributed by atoms with E-state index in [1.54, 1.807) is 0 Å². The molecule has 7 heteroatoms. The summed E-state index contributed by atoms with van der Waals surface area (Å²) in [5.41, 5.74) is -1.22. The van der Waals surface area contributed by atoms with Crippen molar-refractivity contribution in [2.24, 2.45) is 5.92 Å². The largest absolute Gasteiger partial charge is 0.489 e. The number of carbonyl (C=O) groups excluding carboxylic acids is 1. The van der Waals surface area contributed by atoms with E-state index in [9.17, 15) is 26.7 Å². The van der Waals surface area contributed by atoms with Crippen LogP contribution in [-0.4, -0.2) is 5.78 Å². The Morgan fingerprint density at radius 2 is 1.82 bits per heavy atom. The summed E-state index contributed by atoms with van der Waals surface area (Å²) in [6.45, 7) is 0.960. The van der Waals surface area contributed by atoms with E-state index in [0.717, 1.165) is 24.3 Å². The molecule has 1 aliphatic carbocycles. The molecule has 0 N–H and O–H groups in total. The molecule has 0 heterocycles. The van der Waals surface area contributed by atoms with Crippen LogP contribution >= 0.6 is 0 Å². The number of rotatable bonds is 3. The SMILES string of the molecule is CC1C(=O)C=C(OCc2cc(F)cc(C(F)(F)F)c2)C=C1F. The molecule has 0 spiro atoms. The Bertz CT molecular complexity index is 658. The molecule has 1 atom stereocenters. The Hall–Kier alpha value is -2.18. The Morgan fingerprint density at radius 3 is 2.41 bits per heavy atom. The fraction of sp³-hybridized carbons (Fsp3) is 0.267. The van der Waals surface area contributed by atoms with Crippen LogP contribution in [0.25, 0.3) is 0 Å². The average Bonchev–Trinajstić information content (AvgIpc) is 2.41. The van der Waals surface area contributed by atoms with Gasteiger partial charge < -0.3 is 4.74 Å². The summed E-state index contributed by atoms with van der Waals surface area (Å²) in [6.07, 6.45) is -2.65. The maximum atomic E-state index is 13.4. The van der Waals surface area contributed by atoms with Gasteiger partial charge in [-0.2, -0.15) is 13.2 Å². The van der Waals surface area contributed by atoms with E-state index in [-0.39, 0.29) is 11.3 Å². The molecule has 0 amide bonds. The standard InChI is InChI=1S/C15H11F5O2/c1-8-13(17)5-12(6-14(8)21)22-7-9-2-10(15(18,19)20)4-11(16)3-9/h2-6,8H,7H2,1H3. The number of hydrogen-bond acceptors (Lipinski definition) is 2. The number of halogens is 5. The molecule has 0 bridgehead atoms. The van der Waals surface area contributed by atoms with Crippen LogP contribution < -0.4 is 0 Å². The second-order valence-corrected chi connectivity index (χ2v) is 4.83. The maximum absolute atomic E-state index is 13.4. The van der Waals surface area contributed by atoms with Crippen LogP contribution in [-0.2, 0) is 22.3 Å². The molecule has 22 heavy (non-hydrogen) atoms. The van der Waals surface area contributed by atoms with E-state index >= 15 is 0 Å². The average molecular weight is 318 g/mol. The van der Waals surface area contributed by atoms with Crippen molar-refractivity contribution >= 4 is 5.78 Å². The van der Waals surface area contributed by atoms with Crippen LogP contribution in [0.2, 0.25) is 0 Å². The highest BCUT2D eigenvalue weighted by molar-refractivity contribution is 5.95. The summed E-state index contributed by atoms with van der Waals surface area (Å²) in [6, 6.07) is 1.98. The molecule has 118 valence electrons. The van der Waals surface area contributed by atoms with Gasteiger partial charge in [0.25, 0.3) is 0 Å². The molecular formula is C15H11F5O2. The lowest BCUT2D eigenvalue weighted by Gasteiger charge is -2.15. The van der Waals surface area contributed by atoms with E-state index in [0.29, 0.717) is 6.07 Å². The summed E-state index contributed by atoms with van der Waals surface area (Å²) in [5.74, 6) is -3.28. The summed E-state index contributed by atoms with van der Waals surface area (Å²) >= 11 is 0. The van der Waals surface area contributed by atoms with Crippen LogP contribution in [0.4, 0.5) is 22.0 Å². The van der Waals surface area contributed by atoms with Gasteiger partial charge in [-0.05, 0) is 30.7 Å². The van der Waals surface area contributed by atoms with E-state index in [1.807, 2.05) is 0 Å². The lowest BCUT2D eigenvalue weighted by molar-refractivity contribution is -0.137. The van der Waals surface area contributed by atoms with E-state index in [4.69, 9.17) is 4.74 Å². The normalized spacial score (nSPS) is 18.8. The molecule has 1 aromatic rings. The Balaban J connectivity index is 2.14. The van der Waals surface area contributed by atoms with Crippen LogP contribution in [0, 0.1) is 11.7 Å². The highest BCUT2D eigenvalue weighted by Crippen LogP contribution is 2.31. The minimum absolute atomic E-state index is 0.0758. The molecular weight excluding hydrogens is 307 g/mol. The van der Waals surface area contributed by atoms with Crippen LogP contribution in [0.15, 0.2) is 41.9 Å². The first-order valence-corrected chi connectivity index (χ1v) is 6.29.